The van der Waals surface area contributed by atoms with E-state index in [4.69, 9.17) is 0 Å². The molecular formula is C23H29N3O2S. The highest BCUT2D eigenvalue weighted by Crippen LogP contribution is 2.33. The molecule has 2 aliphatic heterocycles. The number of fused-ring (bicyclic) bond motifs is 1. The molecule has 0 bridgehead atoms. The Hall–Kier alpha value is -2.08. The number of nitrogens with zero attached hydrogens (tertiary/aromatic N) is 3. The van der Waals surface area contributed by atoms with Crippen molar-refractivity contribution in [2.24, 2.45) is 5.92 Å². The Morgan fingerprint density at radius 3 is 2.62 bits per heavy atom. The van der Waals surface area contributed by atoms with Crippen molar-refractivity contribution in [3.63, 3.8) is 0 Å². The Labute approximate surface area is 176 Å². The number of hydrogen-bond donors (Lipinski definition) is 0. The number of carbonyl (C=O) groups excluding carboxylic acids is 1. The molecule has 1 aromatic heterocycles. The molecule has 4 rings (SSSR count). The van der Waals surface area contributed by atoms with Gasteiger partial charge in [0.1, 0.15) is 0 Å². The highest BCUT2D eigenvalue weighted by atomic mass is 32.2. The van der Waals surface area contributed by atoms with Crippen LogP contribution in [-0.2, 0) is 17.6 Å². The van der Waals surface area contributed by atoms with Gasteiger partial charge in [0.15, 0.2) is 5.16 Å². The summed E-state index contributed by atoms with van der Waals surface area (Å²) in [4.78, 5) is 32.4. The molecule has 0 saturated carbocycles. The lowest BCUT2D eigenvalue weighted by atomic mass is 9.90. The first kappa shape index (κ1) is 20.2. The standard InChI is InChI=1S/C23H29N3O2S/c1-3-20-16(2)24-23-26(22(20)28)19(15-29-23)14-21(27)25-11-9-18(10-12-25)13-17-7-5-4-6-8-17/h4-8,18-19H,3,9-15H2,1-2H3. The van der Waals surface area contributed by atoms with E-state index in [1.807, 2.05) is 18.7 Å². The van der Waals surface area contributed by atoms with E-state index in [2.05, 4.69) is 35.3 Å². The SMILES string of the molecule is CCc1c(C)nc2n(c1=O)C(CC(=O)N1CCC(Cc3ccccc3)CC1)CS2. The zero-order valence-electron chi connectivity index (χ0n) is 17.3. The summed E-state index contributed by atoms with van der Waals surface area (Å²) >= 11 is 1.59. The minimum Gasteiger partial charge on any atom is -0.343 e. The number of carbonyl (C=O) groups is 1. The molecule has 0 N–H and O–H groups in total. The summed E-state index contributed by atoms with van der Waals surface area (Å²) in [5, 5.41) is 0.768. The lowest BCUT2D eigenvalue weighted by molar-refractivity contribution is -0.133. The van der Waals surface area contributed by atoms with Crippen LogP contribution in [0.5, 0.6) is 0 Å². The van der Waals surface area contributed by atoms with Gasteiger partial charge in [-0.15, -0.1) is 0 Å². The zero-order valence-corrected chi connectivity index (χ0v) is 18.1. The summed E-state index contributed by atoms with van der Waals surface area (Å²) in [7, 11) is 0. The zero-order chi connectivity index (χ0) is 20.4. The first-order chi connectivity index (χ1) is 14.1. The van der Waals surface area contributed by atoms with Crippen molar-refractivity contribution < 1.29 is 4.79 Å². The average molecular weight is 412 g/mol. The second kappa shape index (κ2) is 8.74. The number of thioether (sulfide) groups is 1. The Kier molecular flexibility index (Phi) is 6.09. The van der Waals surface area contributed by atoms with Crippen molar-refractivity contribution in [2.45, 2.75) is 57.1 Å². The predicted octanol–water partition coefficient (Wildman–Crippen LogP) is 3.63. The number of benzene rings is 1. The van der Waals surface area contributed by atoms with Crippen molar-refractivity contribution in [1.82, 2.24) is 14.5 Å². The monoisotopic (exact) mass is 411 g/mol. The van der Waals surface area contributed by atoms with Crippen molar-refractivity contribution in [3.8, 4) is 0 Å². The molecule has 0 radical (unpaired) electrons. The summed E-state index contributed by atoms with van der Waals surface area (Å²) in [6.07, 6.45) is 4.28. The Morgan fingerprint density at radius 1 is 1.21 bits per heavy atom. The van der Waals surface area contributed by atoms with Gasteiger partial charge < -0.3 is 4.90 Å². The molecule has 154 valence electrons. The van der Waals surface area contributed by atoms with Gasteiger partial charge in [0.25, 0.3) is 5.56 Å². The van der Waals surface area contributed by atoms with Crippen LogP contribution in [0.1, 0.15) is 49.0 Å². The van der Waals surface area contributed by atoms with E-state index >= 15 is 0 Å². The van der Waals surface area contributed by atoms with E-state index in [0.29, 0.717) is 18.8 Å². The van der Waals surface area contributed by atoms with Gasteiger partial charge in [-0.2, -0.15) is 0 Å². The molecule has 0 aliphatic carbocycles. The minimum absolute atomic E-state index is 0.0411. The normalized spacial score (nSPS) is 19.4. The van der Waals surface area contributed by atoms with E-state index in [-0.39, 0.29) is 17.5 Å². The average Bonchev–Trinajstić information content (AvgIpc) is 3.12. The molecule has 2 aliphatic rings. The molecule has 0 spiro atoms. The molecule has 5 nitrogen and oxygen atoms in total. The molecule has 1 saturated heterocycles. The second-order valence-electron chi connectivity index (χ2n) is 8.17. The highest BCUT2D eigenvalue weighted by molar-refractivity contribution is 7.99. The Bertz CT molecular complexity index is 933. The van der Waals surface area contributed by atoms with E-state index in [1.54, 1.807) is 16.3 Å². The summed E-state index contributed by atoms with van der Waals surface area (Å²) < 4.78 is 1.77. The molecule has 3 heterocycles. The first-order valence-electron chi connectivity index (χ1n) is 10.6. The summed E-state index contributed by atoms with van der Waals surface area (Å²) in [6.45, 7) is 5.54. The maximum Gasteiger partial charge on any atom is 0.257 e. The van der Waals surface area contributed by atoms with Crippen LogP contribution in [0.4, 0.5) is 0 Å². The van der Waals surface area contributed by atoms with Gasteiger partial charge in [-0.3, -0.25) is 14.2 Å². The number of aromatic nitrogens is 2. The fourth-order valence-electron chi connectivity index (χ4n) is 4.54. The van der Waals surface area contributed by atoms with E-state index in [9.17, 15) is 9.59 Å². The van der Waals surface area contributed by atoms with Gasteiger partial charge in [0, 0.05) is 36.5 Å². The smallest absolute Gasteiger partial charge is 0.257 e. The van der Waals surface area contributed by atoms with Crippen LogP contribution in [0.3, 0.4) is 0 Å². The number of amides is 1. The topological polar surface area (TPSA) is 55.2 Å². The molecule has 1 amide bonds. The quantitative estimate of drug-likeness (QED) is 0.705. The van der Waals surface area contributed by atoms with Gasteiger partial charge in [-0.05, 0) is 44.1 Å². The van der Waals surface area contributed by atoms with Gasteiger partial charge in [0.05, 0.1) is 6.04 Å². The third-order valence-electron chi connectivity index (χ3n) is 6.25. The maximum atomic E-state index is 12.9. The van der Waals surface area contributed by atoms with Crippen LogP contribution in [0.15, 0.2) is 40.3 Å². The molecule has 1 aromatic carbocycles. The number of piperidine rings is 1. The van der Waals surface area contributed by atoms with Crippen LogP contribution in [0.25, 0.3) is 0 Å². The Morgan fingerprint density at radius 2 is 1.93 bits per heavy atom. The third kappa shape index (κ3) is 4.27. The molecule has 1 unspecified atom stereocenters. The lowest BCUT2D eigenvalue weighted by Gasteiger charge is -2.33. The summed E-state index contributed by atoms with van der Waals surface area (Å²) in [5.74, 6) is 1.57. The highest BCUT2D eigenvalue weighted by Gasteiger charge is 2.31. The fraction of sp³-hybridized carbons (Fsp3) is 0.522. The van der Waals surface area contributed by atoms with E-state index < -0.39 is 0 Å². The molecule has 1 atom stereocenters. The third-order valence-corrected chi connectivity index (χ3v) is 7.35. The summed E-state index contributed by atoms with van der Waals surface area (Å²) in [5.41, 5.74) is 3.02. The molecule has 1 fully saturated rings. The maximum absolute atomic E-state index is 12.9. The van der Waals surface area contributed by atoms with Crippen LogP contribution in [-0.4, -0.2) is 39.2 Å². The summed E-state index contributed by atoms with van der Waals surface area (Å²) in [6, 6.07) is 10.5. The molecular weight excluding hydrogens is 382 g/mol. The predicted molar refractivity (Wildman–Crippen MR) is 116 cm³/mol. The van der Waals surface area contributed by atoms with Crippen LogP contribution in [0.2, 0.25) is 0 Å². The van der Waals surface area contributed by atoms with Gasteiger partial charge >= 0.3 is 0 Å². The first-order valence-corrected chi connectivity index (χ1v) is 11.6. The number of aryl methyl sites for hydroxylation is 1. The molecule has 2 aromatic rings. The van der Waals surface area contributed by atoms with Gasteiger partial charge in [0.2, 0.25) is 5.91 Å². The second-order valence-corrected chi connectivity index (χ2v) is 9.16. The largest absolute Gasteiger partial charge is 0.343 e. The number of likely N-dealkylation sites (tertiary alicyclic amines) is 1. The van der Waals surface area contributed by atoms with Crippen LogP contribution < -0.4 is 5.56 Å². The Balaban J connectivity index is 1.37. The van der Waals surface area contributed by atoms with Crippen molar-refractivity contribution >= 4 is 17.7 Å². The number of hydrogen-bond acceptors (Lipinski definition) is 4. The van der Waals surface area contributed by atoms with E-state index in [1.165, 1.54) is 5.56 Å². The van der Waals surface area contributed by atoms with Crippen molar-refractivity contribution in [1.29, 1.82) is 0 Å². The molecule has 6 heteroatoms. The molecule has 29 heavy (non-hydrogen) atoms. The lowest BCUT2D eigenvalue weighted by Crippen LogP contribution is -2.40. The number of rotatable bonds is 5. The van der Waals surface area contributed by atoms with Crippen molar-refractivity contribution in [3.05, 3.63) is 57.5 Å². The fourth-order valence-corrected chi connectivity index (χ4v) is 5.72. The van der Waals surface area contributed by atoms with Gasteiger partial charge in [-0.25, -0.2) is 4.98 Å². The van der Waals surface area contributed by atoms with Crippen LogP contribution >= 0.6 is 11.8 Å². The minimum atomic E-state index is -0.0737. The van der Waals surface area contributed by atoms with E-state index in [0.717, 1.165) is 54.5 Å². The van der Waals surface area contributed by atoms with Crippen LogP contribution in [0, 0.1) is 12.8 Å². The van der Waals surface area contributed by atoms with Gasteiger partial charge in [-0.1, -0.05) is 49.0 Å². The van der Waals surface area contributed by atoms with Crippen molar-refractivity contribution in [2.75, 3.05) is 18.8 Å².